The molecule has 0 heterocycles. The van der Waals surface area contributed by atoms with Crippen molar-refractivity contribution >= 4 is 66.4 Å². The zero-order valence-corrected chi connectivity index (χ0v) is 6.78. The van der Waals surface area contributed by atoms with Gasteiger partial charge < -0.3 is 8.33 Å². The predicted molar refractivity (Wildman–Crippen MR) is 25.3 cm³/mol. The van der Waals surface area contributed by atoms with E-state index in [1.807, 2.05) is 0 Å². The van der Waals surface area contributed by atoms with Gasteiger partial charge in [0.15, 0.2) is 0 Å². The van der Waals surface area contributed by atoms with Gasteiger partial charge in [0.25, 0.3) is 0 Å². The summed E-state index contributed by atoms with van der Waals surface area (Å²) >= 11 is 1.17. The SMILES string of the molecule is Cl.O.[Ca+2].[H-].[H-].[O]=[Al]. The molecule has 0 aromatic rings. The van der Waals surface area contributed by atoms with Gasteiger partial charge in [-0.05, 0) is 0 Å². The van der Waals surface area contributed by atoms with E-state index in [-0.39, 0.29) is 58.5 Å². The average molecular weight is 140 g/mol. The minimum absolute atomic E-state index is 0. The van der Waals surface area contributed by atoms with Gasteiger partial charge in [0, 0.05) is 0 Å². The summed E-state index contributed by atoms with van der Waals surface area (Å²) in [6.07, 6.45) is 0. The van der Waals surface area contributed by atoms with E-state index in [0.717, 1.165) is 0 Å². The normalized spacial score (nSPS) is 0.600. The quantitative estimate of drug-likeness (QED) is 0.395. The predicted octanol–water partition coefficient (Wildman–Crippen LogP) is -1.06. The number of halogens is 1. The molecule has 0 aliphatic carbocycles. The molecule has 0 aliphatic rings. The van der Waals surface area contributed by atoms with Crippen molar-refractivity contribution in [2.24, 2.45) is 0 Å². The maximum absolute atomic E-state index is 8.17. The molecule has 0 saturated carbocycles. The van der Waals surface area contributed by atoms with E-state index >= 15 is 0 Å². The molecule has 0 rings (SSSR count). The fourth-order valence-electron chi connectivity index (χ4n) is 0. The molecule has 2 nitrogen and oxygen atoms in total. The van der Waals surface area contributed by atoms with Gasteiger partial charge in [0.2, 0.25) is 0 Å². The van der Waals surface area contributed by atoms with Crippen LogP contribution in [0.4, 0.5) is 0 Å². The fraction of sp³-hybridized carbons (Fsp3) is 0. The molecular formula is H5AlCaClO2. The third-order valence-corrected chi connectivity index (χ3v) is 0. The summed E-state index contributed by atoms with van der Waals surface area (Å²) in [4.78, 5) is 0. The molecule has 0 saturated heterocycles. The van der Waals surface area contributed by atoms with Crippen LogP contribution < -0.4 is 0 Å². The van der Waals surface area contributed by atoms with Crippen molar-refractivity contribution in [3.05, 3.63) is 0 Å². The molecular weight excluding hydrogens is 135 g/mol. The molecule has 0 fully saturated rings. The number of rotatable bonds is 0. The van der Waals surface area contributed by atoms with Gasteiger partial charge in [-0.15, -0.1) is 12.4 Å². The molecule has 0 unspecified atom stereocenters. The summed E-state index contributed by atoms with van der Waals surface area (Å²) in [5.74, 6) is 0. The topological polar surface area (TPSA) is 48.6 Å². The molecule has 0 spiro atoms. The van der Waals surface area contributed by atoms with Crippen LogP contribution >= 0.6 is 12.4 Å². The first-order valence-corrected chi connectivity index (χ1v) is 0.707. The third kappa shape index (κ3) is 25.4. The molecule has 0 aliphatic heterocycles. The van der Waals surface area contributed by atoms with Crippen LogP contribution in [-0.2, 0) is 3.80 Å². The van der Waals surface area contributed by atoms with Gasteiger partial charge in [-0.2, -0.15) is 0 Å². The van der Waals surface area contributed by atoms with Crippen LogP contribution in [0.3, 0.4) is 0 Å². The summed E-state index contributed by atoms with van der Waals surface area (Å²) in [5.41, 5.74) is 0. The van der Waals surface area contributed by atoms with E-state index in [1.165, 1.54) is 16.2 Å². The Bertz CT molecular complexity index is 15.7. The number of hydrogen-bond acceptors (Lipinski definition) is 1. The Morgan fingerprint density at radius 1 is 1.40 bits per heavy atom. The van der Waals surface area contributed by atoms with Crippen LogP contribution in [0, 0.1) is 0 Å². The van der Waals surface area contributed by atoms with E-state index in [2.05, 4.69) is 0 Å². The van der Waals surface area contributed by atoms with Crippen molar-refractivity contribution < 1.29 is 12.1 Å². The summed E-state index contributed by atoms with van der Waals surface area (Å²) in [5, 5.41) is 0. The van der Waals surface area contributed by atoms with Gasteiger partial charge >= 0.3 is 57.8 Å². The van der Waals surface area contributed by atoms with Crippen LogP contribution in [0.1, 0.15) is 2.85 Å². The standard InChI is InChI=1S/Al.Ca.ClH.H2O.O.2H/h;;1H;1H2;;;/q;+2;;;;2*-1. The molecule has 5 heteroatoms. The molecule has 0 amide bonds. The van der Waals surface area contributed by atoms with Gasteiger partial charge in [-0.1, -0.05) is 0 Å². The Labute approximate surface area is 77.6 Å². The second-order valence-electron chi connectivity index (χ2n) is 0. The molecule has 0 aromatic heterocycles. The molecule has 29 valence electrons. The number of hydrogen-bond donors (Lipinski definition) is 0. The Balaban J connectivity index is -0.000000000500. The van der Waals surface area contributed by atoms with Crippen LogP contribution in [0.15, 0.2) is 0 Å². The third-order valence-electron chi connectivity index (χ3n) is 0. The molecule has 0 atom stereocenters. The van der Waals surface area contributed by atoms with Crippen molar-refractivity contribution in [3.8, 4) is 0 Å². The van der Waals surface area contributed by atoms with E-state index in [9.17, 15) is 0 Å². The first-order valence-electron chi connectivity index (χ1n) is 0.236. The van der Waals surface area contributed by atoms with Crippen molar-refractivity contribution in [2.75, 3.05) is 0 Å². The Hall–Kier alpha value is 1.84. The second-order valence-corrected chi connectivity index (χ2v) is 0. The molecule has 0 bridgehead atoms. The monoisotopic (exact) mass is 139 g/mol. The summed E-state index contributed by atoms with van der Waals surface area (Å²) in [7, 11) is 0. The van der Waals surface area contributed by atoms with Crippen LogP contribution in [0.2, 0.25) is 0 Å². The van der Waals surface area contributed by atoms with Crippen LogP contribution in [-0.4, -0.2) is 59.4 Å². The summed E-state index contributed by atoms with van der Waals surface area (Å²) in [6, 6.07) is 0. The fourth-order valence-corrected chi connectivity index (χ4v) is 0. The van der Waals surface area contributed by atoms with Crippen molar-refractivity contribution in [2.45, 2.75) is 0 Å². The van der Waals surface area contributed by atoms with Crippen molar-refractivity contribution in [1.82, 2.24) is 0 Å². The summed E-state index contributed by atoms with van der Waals surface area (Å²) < 4.78 is 8.17. The van der Waals surface area contributed by atoms with Gasteiger partial charge in [-0.25, -0.2) is 0 Å². The first kappa shape index (κ1) is 28.9. The van der Waals surface area contributed by atoms with E-state index < -0.39 is 0 Å². The van der Waals surface area contributed by atoms with Crippen molar-refractivity contribution in [3.63, 3.8) is 0 Å². The van der Waals surface area contributed by atoms with E-state index in [1.54, 1.807) is 0 Å². The zero-order chi connectivity index (χ0) is 2.00. The molecule has 1 radical (unpaired) electrons. The average Bonchev–Trinajstić information content (AvgIpc) is 1.00. The van der Waals surface area contributed by atoms with Crippen LogP contribution in [0.5, 0.6) is 0 Å². The van der Waals surface area contributed by atoms with Crippen molar-refractivity contribution in [1.29, 1.82) is 0 Å². The van der Waals surface area contributed by atoms with Gasteiger partial charge in [0.05, 0.1) is 0 Å². The Morgan fingerprint density at radius 3 is 1.40 bits per heavy atom. The zero-order valence-electron chi connectivity index (χ0n) is 4.60. The van der Waals surface area contributed by atoms with Gasteiger partial charge in [-0.3, -0.25) is 0 Å². The van der Waals surface area contributed by atoms with Crippen LogP contribution in [0.25, 0.3) is 0 Å². The Morgan fingerprint density at radius 2 is 1.40 bits per heavy atom. The maximum atomic E-state index is 8.17. The minimum atomic E-state index is 0. The van der Waals surface area contributed by atoms with Gasteiger partial charge in [0.1, 0.15) is 0 Å². The molecule has 5 heavy (non-hydrogen) atoms. The Kier molecular flexibility index (Phi) is 233. The molecule has 2 N–H and O–H groups in total. The van der Waals surface area contributed by atoms with E-state index in [0.29, 0.717) is 0 Å². The molecule has 0 aromatic carbocycles. The summed E-state index contributed by atoms with van der Waals surface area (Å²) in [6.45, 7) is 0. The van der Waals surface area contributed by atoms with E-state index in [4.69, 9.17) is 3.80 Å². The second kappa shape index (κ2) is 40.4. The first-order chi connectivity index (χ1) is 1.00.